The van der Waals surface area contributed by atoms with Gasteiger partial charge in [-0.2, -0.15) is 0 Å². The number of carbonyl (C=O) groups excluding carboxylic acids is 1. The van der Waals surface area contributed by atoms with Crippen molar-refractivity contribution in [1.82, 2.24) is 5.32 Å². The molecule has 4 nitrogen and oxygen atoms in total. The summed E-state index contributed by atoms with van der Waals surface area (Å²) in [7, 11) is -0.294. The van der Waals surface area contributed by atoms with E-state index in [9.17, 15) is 4.79 Å². The van der Waals surface area contributed by atoms with Crippen LogP contribution in [0.3, 0.4) is 0 Å². The molecule has 0 rings (SSSR count). The van der Waals surface area contributed by atoms with Gasteiger partial charge in [0, 0.05) is 13.0 Å². The number of carbonyl (C=O) groups is 1. The summed E-state index contributed by atoms with van der Waals surface area (Å²) in [6.45, 7) is 9.86. The number of unbranched alkanes of at least 4 members (excludes halogenated alkanes) is 8. The summed E-state index contributed by atoms with van der Waals surface area (Å²) in [5, 5.41) is 3.16. The Morgan fingerprint density at radius 2 is 1.54 bits per heavy atom. The number of Topliss-reactive ketones (excluding diaryl/α,β-unsaturated/α-hetero) is 1. The fraction of sp³-hybridized carbons (Fsp3) is 0.952. The van der Waals surface area contributed by atoms with Crippen LogP contribution in [0.5, 0.6) is 0 Å². The molecule has 0 amide bonds. The summed E-state index contributed by atoms with van der Waals surface area (Å²) < 4.78 is 12.1. The van der Waals surface area contributed by atoms with Crippen molar-refractivity contribution in [2.75, 3.05) is 20.2 Å². The monoisotopic (exact) mass is 387 g/mol. The first-order chi connectivity index (χ1) is 12.5. The first kappa shape index (κ1) is 25.8. The Bertz CT molecular complexity index is 341. The third kappa shape index (κ3) is 13.9. The van der Waals surface area contributed by atoms with Gasteiger partial charge in [-0.05, 0) is 52.9 Å². The number of hydrogen-bond acceptors (Lipinski definition) is 4. The molecule has 0 heterocycles. The molecule has 0 saturated heterocycles. The molecule has 0 aromatic heterocycles. The van der Waals surface area contributed by atoms with E-state index in [-0.39, 0.29) is 11.9 Å². The fourth-order valence-electron chi connectivity index (χ4n) is 3.31. The Morgan fingerprint density at radius 3 is 2.08 bits per heavy atom. The summed E-state index contributed by atoms with van der Waals surface area (Å²) >= 11 is 0. The highest BCUT2D eigenvalue weighted by molar-refractivity contribution is 6.66. The molecule has 0 aliphatic rings. The zero-order valence-electron chi connectivity index (χ0n) is 18.2. The van der Waals surface area contributed by atoms with Crippen molar-refractivity contribution >= 4 is 14.3 Å². The molecule has 0 aromatic rings. The maximum Gasteiger partial charge on any atom is 0.335 e. The Labute approximate surface area is 164 Å². The summed E-state index contributed by atoms with van der Waals surface area (Å²) in [6, 6.07) is 0.928. The van der Waals surface area contributed by atoms with Gasteiger partial charge in [0.2, 0.25) is 0 Å². The molecule has 5 heteroatoms. The van der Waals surface area contributed by atoms with E-state index in [1.807, 2.05) is 20.9 Å². The van der Waals surface area contributed by atoms with Crippen molar-refractivity contribution in [3.05, 3.63) is 0 Å². The molecule has 0 aliphatic heterocycles. The highest BCUT2D eigenvalue weighted by Gasteiger charge is 2.34. The van der Waals surface area contributed by atoms with Gasteiger partial charge in [0.05, 0.1) is 0 Å². The van der Waals surface area contributed by atoms with Gasteiger partial charge in [-0.3, -0.25) is 4.79 Å². The zero-order valence-corrected chi connectivity index (χ0v) is 19.2. The third-order valence-corrected chi connectivity index (χ3v) is 7.93. The molecular weight excluding hydrogens is 342 g/mol. The van der Waals surface area contributed by atoms with E-state index in [0.717, 1.165) is 31.9 Å². The van der Waals surface area contributed by atoms with Crippen molar-refractivity contribution in [3.8, 4) is 0 Å². The average molecular weight is 388 g/mol. The molecule has 26 heavy (non-hydrogen) atoms. The van der Waals surface area contributed by atoms with Crippen LogP contribution >= 0.6 is 0 Å². The second-order valence-electron chi connectivity index (χ2n) is 7.58. The quantitative estimate of drug-likeness (QED) is 0.231. The van der Waals surface area contributed by atoms with Crippen molar-refractivity contribution in [2.24, 2.45) is 0 Å². The van der Waals surface area contributed by atoms with Crippen LogP contribution in [-0.4, -0.2) is 40.6 Å². The van der Waals surface area contributed by atoms with Crippen molar-refractivity contribution in [3.63, 3.8) is 0 Å². The predicted octanol–water partition coefficient (Wildman–Crippen LogP) is 5.60. The van der Waals surface area contributed by atoms with Crippen LogP contribution in [0.15, 0.2) is 0 Å². The average Bonchev–Trinajstić information content (AvgIpc) is 2.60. The molecule has 0 aromatic carbocycles. The van der Waals surface area contributed by atoms with Crippen LogP contribution in [0.1, 0.15) is 91.4 Å². The largest absolute Gasteiger partial charge is 0.395 e. The van der Waals surface area contributed by atoms with Gasteiger partial charge in [0.25, 0.3) is 0 Å². The third-order valence-electron chi connectivity index (χ3n) is 4.91. The van der Waals surface area contributed by atoms with E-state index < -0.39 is 8.56 Å². The fourth-order valence-corrected chi connectivity index (χ4v) is 5.95. The van der Waals surface area contributed by atoms with E-state index in [0.29, 0.717) is 13.0 Å². The summed E-state index contributed by atoms with van der Waals surface area (Å²) in [5.41, 5.74) is 0. The van der Waals surface area contributed by atoms with Gasteiger partial charge in [0.15, 0.2) is 5.78 Å². The number of rotatable bonds is 19. The van der Waals surface area contributed by atoms with Crippen LogP contribution in [0.25, 0.3) is 0 Å². The maximum atomic E-state index is 12.4. The zero-order chi connectivity index (χ0) is 19.7. The number of hydrogen-bond donors (Lipinski definition) is 1. The SMILES string of the molecule is CCCCCCCCCCCC(=O)C(C)O[Si](C)(CCCNC)OCC. The molecule has 0 fully saturated rings. The van der Waals surface area contributed by atoms with E-state index in [4.69, 9.17) is 8.85 Å². The topological polar surface area (TPSA) is 47.6 Å². The maximum absolute atomic E-state index is 12.4. The lowest BCUT2D eigenvalue weighted by molar-refractivity contribution is -0.126. The summed E-state index contributed by atoms with van der Waals surface area (Å²) in [6.07, 6.45) is 12.8. The first-order valence-electron chi connectivity index (χ1n) is 11.0. The van der Waals surface area contributed by atoms with Gasteiger partial charge >= 0.3 is 8.56 Å². The van der Waals surface area contributed by atoms with Crippen LogP contribution in [0.4, 0.5) is 0 Å². The second kappa shape index (κ2) is 16.9. The molecule has 1 N–H and O–H groups in total. The normalized spacial score (nSPS) is 15.0. The van der Waals surface area contributed by atoms with E-state index in [2.05, 4.69) is 18.8 Å². The Kier molecular flexibility index (Phi) is 16.8. The summed E-state index contributed by atoms with van der Waals surface area (Å²) in [5.74, 6) is 0.236. The Hall–Kier alpha value is -0.233. The minimum Gasteiger partial charge on any atom is -0.395 e. The molecule has 0 radical (unpaired) electrons. The lowest BCUT2D eigenvalue weighted by Gasteiger charge is -2.29. The predicted molar refractivity (Wildman–Crippen MR) is 114 cm³/mol. The number of ketones is 1. The second-order valence-corrected chi connectivity index (χ2v) is 10.9. The highest BCUT2D eigenvalue weighted by Crippen LogP contribution is 2.19. The lowest BCUT2D eigenvalue weighted by atomic mass is 10.0. The molecular formula is C21H45NO3Si. The van der Waals surface area contributed by atoms with Crippen LogP contribution in [0.2, 0.25) is 12.6 Å². The molecule has 0 saturated carbocycles. The summed E-state index contributed by atoms with van der Waals surface area (Å²) in [4.78, 5) is 12.4. The highest BCUT2D eigenvalue weighted by atomic mass is 28.4. The smallest absolute Gasteiger partial charge is 0.335 e. The minimum atomic E-state index is -2.25. The first-order valence-corrected chi connectivity index (χ1v) is 13.5. The van der Waals surface area contributed by atoms with Crippen molar-refractivity contribution < 1.29 is 13.6 Å². The molecule has 2 atom stereocenters. The van der Waals surface area contributed by atoms with Gasteiger partial charge in [-0.25, -0.2) is 0 Å². The Balaban J connectivity index is 3.94. The number of nitrogens with one attached hydrogen (secondary N) is 1. The van der Waals surface area contributed by atoms with Crippen LogP contribution in [-0.2, 0) is 13.6 Å². The van der Waals surface area contributed by atoms with E-state index >= 15 is 0 Å². The van der Waals surface area contributed by atoms with Gasteiger partial charge < -0.3 is 14.2 Å². The molecule has 0 spiro atoms. The Morgan fingerprint density at radius 1 is 0.962 bits per heavy atom. The molecule has 2 unspecified atom stereocenters. The van der Waals surface area contributed by atoms with Gasteiger partial charge in [-0.1, -0.05) is 58.3 Å². The van der Waals surface area contributed by atoms with Crippen LogP contribution in [0, 0.1) is 0 Å². The van der Waals surface area contributed by atoms with Crippen molar-refractivity contribution in [2.45, 2.75) is 110 Å². The lowest BCUT2D eigenvalue weighted by Crippen LogP contribution is -2.44. The molecule has 0 aliphatic carbocycles. The molecule has 156 valence electrons. The van der Waals surface area contributed by atoms with Gasteiger partial charge in [-0.15, -0.1) is 0 Å². The minimum absolute atomic E-state index is 0.236. The molecule has 0 bridgehead atoms. The van der Waals surface area contributed by atoms with Crippen molar-refractivity contribution in [1.29, 1.82) is 0 Å². The van der Waals surface area contributed by atoms with E-state index in [1.54, 1.807) is 0 Å². The standard InChI is InChI=1S/C21H45NO3Si/c1-6-8-9-10-11-12-13-14-15-17-21(23)20(3)25-26(5,24-7-2)19-16-18-22-4/h20,22H,6-19H2,1-5H3. The van der Waals surface area contributed by atoms with Gasteiger partial charge in [0.1, 0.15) is 6.10 Å². The van der Waals surface area contributed by atoms with E-state index in [1.165, 1.54) is 44.9 Å². The van der Waals surface area contributed by atoms with Crippen LogP contribution < -0.4 is 5.32 Å².